The first-order chi connectivity index (χ1) is 14.4. The Hall–Kier alpha value is -3.13. The highest BCUT2D eigenvalue weighted by Gasteiger charge is 2.37. The van der Waals surface area contributed by atoms with Gasteiger partial charge in [0.1, 0.15) is 11.3 Å². The van der Waals surface area contributed by atoms with Crippen molar-refractivity contribution in [3.05, 3.63) is 58.1 Å². The van der Waals surface area contributed by atoms with E-state index in [1.54, 1.807) is 30.3 Å². The van der Waals surface area contributed by atoms with Crippen molar-refractivity contribution in [2.45, 2.75) is 13.8 Å². The van der Waals surface area contributed by atoms with Crippen LogP contribution in [0.2, 0.25) is 0 Å². The number of hydrogen-bond acceptors (Lipinski definition) is 5. The number of benzene rings is 2. The smallest absolute Gasteiger partial charge is 0.335 e. The standard InChI is InChI=1S/C22H22BrN3O4/c1-4-25(5-2)17-9-6-14(19(13-17)30-3)12-18-20(27)24-22(29)26(21(18)28)16-10-7-15(23)8-11-16/h6-13H,4-5H2,1-3H3,(H,24,27,29)/b18-12+. The molecule has 1 heterocycles. The Morgan fingerprint density at radius 2 is 1.73 bits per heavy atom. The molecule has 0 atom stereocenters. The number of nitrogens with zero attached hydrogens (tertiary/aromatic N) is 2. The molecule has 156 valence electrons. The van der Waals surface area contributed by atoms with E-state index >= 15 is 0 Å². The maximum absolute atomic E-state index is 13.0. The quantitative estimate of drug-likeness (QED) is 0.509. The average molecular weight is 472 g/mol. The highest BCUT2D eigenvalue weighted by Crippen LogP contribution is 2.29. The first-order valence-electron chi connectivity index (χ1n) is 9.49. The Bertz CT molecular complexity index is 1010. The van der Waals surface area contributed by atoms with E-state index in [9.17, 15) is 14.4 Å². The summed E-state index contributed by atoms with van der Waals surface area (Å²) < 4.78 is 6.29. The van der Waals surface area contributed by atoms with Gasteiger partial charge in [-0.15, -0.1) is 0 Å². The minimum atomic E-state index is -0.784. The maximum atomic E-state index is 13.0. The summed E-state index contributed by atoms with van der Waals surface area (Å²) in [6, 6.07) is 11.4. The number of carbonyl (C=O) groups excluding carboxylic acids is 3. The lowest BCUT2D eigenvalue weighted by atomic mass is 10.1. The number of urea groups is 1. The molecule has 0 unspecified atom stereocenters. The zero-order valence-electron chi connectivity index (χ0n) is 16.9. The second-order valence-electron chi connectivity index (χ2n) is 6.53. The van der Waals surface area contributed by atoms with Crippen LogP contribution in [0.4, 0.5) is 16.2 Å². The van der Waals surface area contributed by atoms with Crippen LogP contribution in [0.5, 0.6) is 5.75 Å². The van der Waals surface area contributed by atoms with Crippen molar-refractivity contribution in [3.8, 4) is 5.75 Å². The zero-order chi connectivity index (χ0) is 21.8. The van der Waals surface area contributed by atoms with E-state index in [2.05, 4.69) is 40.0 Å². The number of methoxy groups -OCH3 is 1. The van der Waals surface area contributed by atoms with Crippen LogP contribution >= 0.6 is 15.9 Å². The molecule has 0 aromatic heterocycles. The number of ether oxygens (including phenoxy) is 1. The molecule has 0 spiro atoms. The normalized spacial score (nSPS) is 15.4. The topological polar surface area (TPSA) is 79.0 Å². The Labute approximate surface area is 183 Å². The zero-order valence-corrected chi connectivity index (χ0v) is 18.5. The number of amides is 4. The number of anilines is 2. The lowest BCUT2D eigenvalue weighted by molar-refractivity contribution is -0.122. The second-order valence-corrected chi connectivity index (χ2v) is 7.45. The largest absolute Gasteiger partial charge is 0.496 e. The molecular formula is C22H22BrN3O4. The van der Waals surface area contributed by atoms with Crippen LogP contribution in [0, 0.1) is 0 Å². The molecule has 8 heteroatoms. The molecule has 1 aliphatic heterocycles. The summed E-state index contributed by atoms with van der Waals surface area (Å²) in [4.78, 5) is 40.8. The Balaban J connectivity index is 2.01. The molecule has 0 saturated carbocycles. The van der Waals surface area contributed by atoms with Gasteiger partial charge in [0.2, 0.25) is 0 Å². The van der Waals surface area contributed by atoms with Crippen LogP contribution in [0.25, 0.3) is 6.08 Å². The average Bonchev–Trinajstić information content (AvgIpc) is 2.73. The molecule has 1 N–H and O–H groups in total. The minimum Gasteiger partial charge on any atom is -0.496 e. The summed E-state index contributed by atoms with van der Waals surface area (Å²) in [5.74, 6) is -0.909. The van der Waals surface area contributed by atoms with E-state index in [1.807, 2.05) is 12.1 Å². The fraction of sp³-hybridized carbons (Fsp3) is 0.227. The highest BCUT2D eigenvalue weighted by molar-refractivity contribution is 9.10. The van der Waals surface area contributed by atoms with Gasteiger partial charge in [-0.25, -0.2) is 9.69 Å². The molecule has 4 amide bonds. The number of nitrogens with one attached hydrogen (secondary N) is 1. The van der Waals surface area contributed by atoms with Gasteiger partial charge in [-0.2, -0.15) is 0 Å². The predicted molar refractivity (Wildman–Crippen MR) is 120 cm³/mol. The summed E-state index contributed by atoms with van der Waals surface area (Å²) in [5.41, 5.74) is 1.76. The van der Waals surface area contributed by atoms with E-state index < -0.39 is 17.8 Å². The summed E-state index contributed by atoms with van der Waals surface area (Å²) in [7, 11) is 1.53. The van der Waals surface area contributed by atoms with Crippen LogP contribution < -0.4 is 19.9 Å². The van der Waals surface area contributed by atoms with Crippen LogP contribution in [-0.4, -0.2) is 38.0 Å². The van der Waals surface area contributed by atoms with Gasteiger partial charge in [0.15, 0.2) is 0 Å². The van der Waals surface area contributed by atoms with Crippen molar-refractivity contribution in [2.24, 2.45) is 0 Å². The van der Waals surface area contributed by atoms with Gasteiger partial charge in [-0.05, 0) is 56.3 Å². The van der Waals surface area contributed by atoms with Gasteiger partial charge in [-0.3, -0.25) is 14.9 Å². The van der Waals surface area contributed by atoms with Gasteiger partial charge in [0.25, 0.3) is 11.8 Å². The van der Waals surface area contributed by atoms with E-state index in [4.69, 9.17) is 4.74 Å². The van der Waals surface area contributed by atoms with Gasteiger partial charge in [0, 0.05) is 34.9 Å². The summed E-state index contributed by atoms with van der Waals surface area (Å²) in [6.07, 6.45) is 1.45. The molecule has 2 aromatic carbocycles. The van der Waals surface area contributed by atoms with Crippen molar-refractivity contribution in [2.75, 3.05) is 30.0 Å². The predicted octanol–water partition coefficient (Wildman–Crippen LogP) is 3.97. The van der Waals surface area contributed by atoms with E-state index in [-0.39, 0.29) is 5.57 Å². The third-order valence-corrected chi connectivity index (χ3v) is 5.36. The van der Waals surface area contributed by atoms with Crippen molar-refractivity contribution < 1.29 is 19.1 Å². The van der Waals surface area contributed by atoms with E-state index in [0.29, 0.717) is 17.0 Å². The fourth-order valence-electron chi connectivity index (χ4n) is 3.24. The number of imide groups is 2. The molecule has 1 saturated heterocycles. The highest BCUT2D eigenvalue weighted by atomic mass is 79.9. The van der Waals surface area contributed by atoms with Crippen molar-refractivity contribution in [1.29, 1.82) is 0 Å². The number of carbonyl (C=O) groups is 3. The van der Waals surface area contributed by atoms with Gasteiger partial charge in [-0.1, -0.05) is 15.9 Å². The minimum absolute atomic E-state index is 0.147. The van der Waals surface area contributed by atoms with Crippen LogP contribution in [0.3, 0.4) is 0 Å². The fourth-order valence-corrected chi connectivity index (χ4v) is 3.51. The Morgan fingerprint density at radius 3 is 2.33 bits per heavy atom. The third-order valence-electron chi connectivity index (χ3n) is 4.83. The molecule has 3 rings (SSSR count). The molecule has 7 nitrogen and oxygen atoms in total. The molecule has 30 heavy (non-hydrogen) atoms. The monoisotopic (exact) mass is 471 g/mol. The summed E-state index contributed by atoms with van der Waals surface area (Å²) in [6.45, 7) is 5.80. The second kappa shape index (κ2) is 9.13. The van der Waals surface area contributed by atoms with Gasteiger partial charge in [0.05, 0.1) is 12.8 Å². The van der Waals surface area contributed by atoms with Crippen molar-refractivity contribution in [3.63, 3.8) is 0 Å². The molecule has 2 aromatic rings. The first-order valence-corrected chi connectivity index (χ1v) is 10.3. The lowest BCUT2D eigenvalue weighted by Gasteiger charge is -2.26. The number of rotatable bonds is 6. The Morgan fingerprint density at radius 1 is 1.07 bits per heavy atom. The molecule has 1 fully saturated rings. The lowest BCUT2D eigenvalue weighted by Crippen LogP contribution is -2.54. The number of barbiturate groups is 1. The van der Waals surface area contributed by atoms with Crippen LogP contribution in [0.15, 0.2) is 52.5 Å². The first kappa shape index (κ1) is 21.6. The molecule has 0 aliphatic carbocycles. The van der Waals surface area contributed by atoms with E-state index in [1.165, 1.54) is 13.2 Å². The summed E-state index contributed by atoms with van der Waals surface area (Å²) in [5, 5.41) is 2.23. The number of hydrogen-bond donors (Lipinski definition) is 1. The van der Waals surface area contributed by atoms with Crippen LogP contribution in [-0.2, 0) is 9.59 Å². The van der Waals surface area contributed by atoms with Gasteiger partial charge < -0.3 is 9.64 Å². The number of halogens is 1. The SMILES string of the molecule is CCN(CC)c1ccc(/C=C2\C(=O)NC(=O)N(c3ccc(Br)cc3)C2=O)c(OC)c1. The van der Waals surface area contributed by atoms with E-state index in [0.717, 1.165) is 28.1 Å². The Kier molecular flexibility index (Phi) is 6.56. The van der Waals surface area contributed by atoms with Crippen molar-refractivity contribution in [1.82, 2.24) is 5.32 Å². The maximum Gasteiger partial charge on any atom is 0.335 e. The molecular weight excluding hydrogens is 450 g/mol. The summed E-state index contributed by atoms with van der Waals surface area (Å²) >= 11 is 3.32. The third kappa shape index (κ3) is 4.23. The van der Waals surface area contributed by atoms with Crippen LogP contribution in [0.1, 0.15) is 19.4 Å². The molecule has 1 aliphatic rings. The van der Waals surface area contributed by atoms with Crippen molar-refractivity contribution >= 4 is 51.2 Å². The molecule has 0 radical (unpaired) electrons. The van der Waals surface area contributed by atoms with Gasteiger partial charge >= 0.3 is 6.03 Å². The molecule has 0 bridgehead atoms.